The summed E-state index contributed by atoms with van der Waals surface area (Å²) in [5.74, 6) is 2.25. The molecule has 174 valence electrons. The highest BCUT2D eigenvalue weighted by molar-refractivity contribution is 6.24. The molecule has 2 N–H and O–H groups in total. The summed E-state index contributed by atoms with van der Waals surface area (Å²) in [6.07, 6.45) is 2.75. The minimum Gasteiger partial charge on any atom is -0.457 e. The molecule has 0 radical (unpaired) electrons. The number of likely N-dealkylation sites (N-methyl/N-ethyl adjacent to an activating group) is 1. The third kappa shape index (κ3) is 5.56. The standard InChI is InChI=1S/C27H26N2O5/c1-29(2)27(31)23(15-19-5-13-24-25(16-19)33-17-32-24)20-7-11-22(12-8-20)34-21-9-3-18(4-10-21)6-14-26(28)30/h3-5,7-13,15-16H,6,14,17H2,1-2H3,(H2,28,30)/b23-15+. The molecule has 0 spiro atoms. The van der Waals surface area contributed by atoms with Crippen LogP contribution in [0.25, 0.3) is 11.6 Å². The zero-order chi connectivity index (χ0) is 24.1. The van der Waals surface area contributed by atoms with E-state index in [1.165, 1.54) is 0 Å². The van der Waals surface area contributed by atoms with E-state index in [4.69, 9.17) is 19.9 Å². The van der Waals surface area contributed by atoms with Gasteiger partial charge in [0.1, 0.15) is 11.5 Å². The van der Waals surface area contributed by atoms with Crippen molar-refractivity contribution in [1.29, 1.82) is 0 Å². The average Bonchev–Trinajstić information content (AvgIpc) is 3.30. The number of nitrogens with two attached hydrogens (primary N) is 1. The van der Waals surface area contributed by atoms with E-state index < -0.39 is 0 Å². The predicted molar refractivity (Wildman–Crippen MR) is 130 cm³/mol. The third-order valence-corrected chi connectivity index (χ3v) is 5.33. The van der Waals surface area contributed by atoms with Gasteiger partial charge in [-0.05, 0) is 65.6 Å². The fraction of sp³-hybridized carbons (Fsp3) is 0.185. The Hall–Kier alpha value is -4.26. The van der Waals surface area contributed by atoms with Gasteiger partial charge in [-0.2, -0.15) is 0 Å². The van der Waals surface area contributed by atoms with E-state index in [2.05, 4.69) is 0 Å². The summed E-state index contributed by atoms with van der Waals surface area (Å²) in [5, 5.41) is 0. The van der Waals surface area contributed by atoms with E-state index >= 15 is 0 Å². The highest BCUT2D eigenvalue weighted by Crippen LogP contribution is 2.34. The van der Waals surface area contributed by atoms with Crippen LogP contribution in [0.1, 0.15) is 23.1 Å². The molecule has 7 heteroatoms. The number of ether oxygens (including phenoxy) is 3. The van der Waals surface area contributed by atoms with Gasteiger partial charge in [0.2, 0.25) is 12.7 Å². The number of benzene rings is 3. The lowest BCUT2D eigenvalue weighted by molar-refractivity contribution is -0.122. The van der Waals surface area contributed by atoms with E-state index in [1.807, 2.05) is 72.8 Å². The Bertz CT molecular complexity index is 1210. The maximum absolute atomic E-state index is 12.9. The number of amides is 2. The van der Waals surface area contributed by atoms with Crippen LogP contribution in [0.2, 0.25) is 0 Å². The number of fused-ring (bicyclic) bond motifs is 1. The van der Waals surface area contributed by atoms with Crippen LogP contribution in [0.5, 0.6) is 23.0 Å². The largest absolute Gasteiger partial charge is 0.457 e. The predicted octanol–water partition coefficient (Wildman–Crippen LogP) is 4.25. The van der Waals surface area contributed by atoms with Gasteiger partial charge in [0.15, 0.2) is 11.5 Å². The van der Waals surface area contributed by atoms with Gasteiger partial charge >= 0.3 is 0 Å². The van der Waals surface area contributed by atoms with Gasteiger partial charge in [-0.1, -0.05) is 30.3 Å². The van der Waals surface area contributed by atoms with Gasteiger partial charge in [0, 0.05) is 26.1 Å². The topological polar surface area (TPSA) is 91.1 Å². The van der Waals surface area contributed by atoms with E-state index in [1.54, 1.807) is 19.0 Å². The van der Waals surface area contributed by atoms with Crippen molar-refractivity contribution in [2.75, 3.05) is 20.9 Å². The first kappa shape index (κ1) is 22.9. The van der Waals surface area contributed by atoms with Crippen molar-refractivity contribution < 1.29 is 23.8 Å². The first-order valence-electron chi connectivity index (χ1n) is 10.9. The second-order valence-corrected chi connectivity index (χ2v) is 8.11. The number of carbonyl (C=O) groups is 2. The number of aryl methyl sites for hydroxylation is 1. The molecule has 4 rings (SSSR count). The highest BCUT2D eigenvalue weighted by Gasteiger charge is 2.17. The van der Waals surface area contributed by atoms with Crippen molar-refractivity contribution in [3.8, 4) is 23.0 Å². The Morgan fingerprint density at radius 2 is 1.59 bits per heavy atom. The van der Waals surface area contributed by atoms with Gasteiger partial charge in [0.05, 0.1) is 0 Å². The van der Waals surface area contributed by atoms with Gasteiger partial charge in [-0.15, -0.1) is 0 Å². The number of carbonyl (C=O) groups excluding carboxylic acids is 2. The summed E-state index contributed by atoms with van der Waals surface area (Å²) < 4.78 is 16.8. The number of nitrogens with zero attached hydrogens (tertiary/aromatic N) is 1. The van der Waals surface area contributed by atoms with Crippen LogP contribution in [0.15, 0.2) is 66.7 Å². The van der Waals surface area contributed by atoms with Gasteiger partial charge in [-0.25, -0.2) is 0 Å². The van der Waals surface area contributed by atoms with Crippen molar-refractivity contribution in [2.45, 2.75) is 12.8 Å². The Labute approximate surface area is 198 Å². The number of primary amides is 1. The van der Waals surface area contributed by atoms with Crippen molar-refractivity contribution in [3.63, 3.8) is 0 Å². The second kappa shape index (κ2) is 10.1. The van der Waals surface area contributed by atoms with Crippen molar-refractivity contribution in [1.82, 2.24) is 4.90 Å². The van der Waals surface area contributed by atoms with Crippen molar-refractivity contribution in [2.24, 2.45) is 5.73 Å². The molecule has 1 aliphatic heterocycles. The van der Waals surface area contributed by atoms with Crippen LogP contribution < -0.4 is 19.9 Å². The van der Waals surface area contributed by atoms with E-state index in [0.29, 0.717) is 41.4 Å². The summed E-state index contributed by atoms with van der Waals surface area (Å²) in [6.45, 7) is 0.198. The minimum absolute atomic E-state index is 0.113. The Kier molecular flexibility index (Phi) is 6.82. The maximum atomic E-state index is 12.9. The molecule has 3 aromatic rings. The van der Waals surface area contributed by atoms with E-state index in [-0.39, 0.29) is 18.6 Å². The quantitative estimate of drug-likeness (QED) is 0.402. The molecular weight excluding hydrogens is 432 g/mol. The zero-order valence-electron chi connectivity index (χ0n) is 19.1. The zero-order valence-corrected chi connectivity index (χ0v) is 19.1. The van der Waals surface area contributed by atoms with Gasteiger partial charge < -0.3 is 24.8 Å². The molecule has 0 bridgehead atoms. The smallest absolute Gasteiger partial charge is 0.253 e. The molecule has 1 aliphatic rings. The fourth-order valence-electron chi connectivity index (χ4n) is 3.51. The van der Waals surface area contributed by atoms with Crippen LogP contribution in [0, 0.1) is 0 Å². The first-order valence-corrected chi connectivity index (χ1v) is 10.9. The molecule has 0 saturated heterocycles. The summed E-state index contributed by atoms with van der Waals surface area (Å²) >= 11 is 0. The third-order valence-electron chi connectivity index (χ3n) is 5.33. The molecule has 0 atom stereocenters. The molecule has 7 nitrogen and oxygen atoms in total. The van der Waals surface area contributed by atoms with Gasteiger partial charge in [0.25, 0.3) is 5.91 Å². The second-order valence-electron chi connectivity index (χ2n) is 8.11. The van der Waals surface area contributed by atoms with Crippen LogP contribution in [-0.4, -0.2) is 37.6 Å². The molecule has 0 aromatic heterocycles. The van der Waals surface area contributed by atoms with Crippen LogP contribution >= 0.6 is 0 Å². The summed E-state index contributed by atoms with van der Waals surface area (Å²) in [7, 11) is 3.45. The lowest BCUT2D eigenvalue weighted by Crippen LogP contribution is -2.22. The molecular formula is C27H26N2O5. The lowest BCUT2D eigenvalue weighted by Gasteiger charge is -2.15. The van der Waals surface area contributed by atoms with Crippen LogP contribution in [0.3, 0.4) is 0 Å². The summed E-state index contributed by atoms with van der Waals surface area (Å²) in [5.41, 5.74) is 8.38. The normalized spacial score (nSPS) is 12.4. The van der Waals surface area contributed by atoms with E-state index in [0.717, 1.165) is 16.7 Å². The molecule has 0 fully saturated rings. The minimum atomic E-state index is -0.319. The molecule has 3 aromatic carbocycles. The van der Waals surface area contributed by atoms with E-state index in [9.17, 15) is 9.59 Å². The van der Waals surface area contributed by atoms with Crippen molar-refractivity contribution in [3.05, 3.63) is 83.4 Å². The van der Waals surface area contributed by atoms with Gasteiger partial charge in [-0.3, -0.25) is 9.59 Å². The Morgan fingerprint density at radius 3 is 2.24 bits per heavy atom. The molecule has 2 amide bonds. The van der Waals surface area contributed by atoms with Crippen molar-refractivity contribution >= 4 is 23.5 Å². The molecule has 1 heterocycles. The Morgan fingerprint density at radius 1 is 0.941 bits per heavy atom. The molecule has 34 heavy (non-hydrogen) atoms. The average molecular weight is 459 g/mol. The number of hydrogen-bond acceptors (Lipinski definition) is 5. The summed E-state index contributed by atoms with van der Waals surface area (Å²) in [4.78, 5) is 25.4. The number of hydrogen-bond donors (Lipinski definition) is 1. The maximum Gasteiger partial charge on any atom is 0.253 e. The Balaban J connectivity index is 1.52. The molecule has 0 saturated carbocycles. The first-order chi connectivity index (χ1) is 16.4. The summed E-state index contributed by atoms with van der Waals surface area (Å²) in [6, 6.07) is 20.5. The van der Waals surface area contributed by atoms with Crippen LogP contribution in [-0.2, 0) is 16.0 Å². The molecule has 0 unspecified atom stereocenters. The lowest BCUT2D eigenvalue weighted by atomic mass is 10.0. The SMILES string of the molecule is CN(C)C(=O)/C(=C/c1ccc2c(c1)OCO2)c1ccc(Oc2ccc(CCC(N)=O)cc2)cc1. The molecule has 0 aliphatic carbocycles. The monoisotopic (exact) mass is 458 g/mol. The highest BCUT2D eigenvalue weighted by atomic mass is 16.7. The fourth-order valence-corrected chi connectivity index (χ4v) is 3.51. The van der Waals surface area contributed by atoms with Crippen LogP contribution in [0.4, 0.5) is 0 Å². The number of rotatable bonds is 8.